The Kier molecular flexibility index (Phi) is 4.51. The molecule has 0 aliphatic rings. The van der Waals surface area contributed by atoms with Crippen molar-refractivity contribution in [2.45, 2.75) is 13.1 Å². The van der Waals surface area contributed by atoms with E-state index in [0.717, 1.165) is 35.9 Å². The minimum Gasteiger partial charge on any atom is -0.495 e. The van der Waals surface area contributed by atoms with Gasteiger partial charge in [-0.2, -0.15) is 0 Å². The van der Waals surface area contributed by atoms with E-state index in [1.807, 2.05) is 42.5 Å². The Morgan fingerprint density at radius 1 is 1.09 bits per heavy atom. The van der Waals surface area contributed by atoms with Crippen LogP contribution in [0.4, 0.5) is 0 Å². The first-order valence-corrected chi connectivity index (χ1v) is 7.41. The molecule has 0 aliphatic carbocycles. The highest BCUT2D eigenvalue weighted by molar-refractivity contribution is 6.32. The fraction of sp³-hybridized carbons (Fsp3) is 0.176. The monoisotopic (exact) mass is 318 g/mol. The molecule has 3 rings (SSSR count). The van der Waals surface area contributed by atoms with Crippen molar-refractivity contribution < 1.29 is 18.9 Å². The van der Waals surface area contributed by atoms with Gasteiger partial charge in [-0.3, -0.25) is 0 Å². The van der Waals surface area contributed by atoms with Crippen LogP contribution in [-0.4, -0.2) is 7.11 Å². The SMILES string of the molecule is COc1ccc(-c2ccc(C[NH2+]Cc3ccco3)o2)cc1Cl. The van der Waals surface area contributed by atoms with Gasteiger partial charge in [-0.1, -0.05) is 11.6 Å². The zero-order valence-electron chi connectivity index (χ0n) is 12.2. The first-order chi connectivity index (χ1) is 10.8. The van der Waals surface area contributed by atoms with Crippen LogP contribution in [-0.2, 0) is 13.1 Å². The van der Waals surface area contributed by atoms with E-state index in [4.69, 9.17) is 25.2 Å². The van der Waals surface area contributed by atoms with Crippen LogP contribution in [0.3, 0.4) is 0 Å². The van der Waals surface area contributed by atoms with Gasteiger partial charge in [0, 0.05) is 5.56 Å². The molecule has 1 aromatic carbocycles. The minimum atomic E-state index is 0.572. The highest BCUT2D eigenvalue weighted by Gasteiger charge is 2.09. The van der Waals surface area contributed by atoms with E-state index in [2.05, 4.69) is 5.32 Å². The van der Waals surface area contributed by atoms with Gasteiger partial charge in [-0.25, -0.2) is 0 Å². The van der Waals surface area contributed by atoms with Crippen LogP contribution < -0.4 is 10.1 Å². The van der Waals surface area contributed by atoms with Crippen molar-refractivity contribution in [1.82, 2.24) is 0 Å². The molecular weight excluding hydrogens is 302 g/mol. The Balaban J connectivity index is 1.64. The standard InChI is InChI=1S/C17H16ClNO3/c1-20-17-6-4-12(9-15(17)18)16-7-5-14(22-16)11-19-10-13-3-2-8-21-13/h2-9,19H,10-11H2,1H3/p+1. The van der Waals surface area contributed by atoms with E-state index in [9.17, 15) is 0 Å². The van der Waals surface area contributed by atoms with Crippen molar-refractivity contribution in [2.24, 2.45) is 0 Å². The molecule has 0 spiro atoms. The van der Waals surface area contributed by atoms with Gasteiger partial charge in [0.15, 0.2) is 11.5 Å². The summed E-state index contributed by atoms with van der Waals surface area (Å²) in [5.41, 5.74) is 0.933. The quantitative estimate of drug-likeness (QED) is 0.757. The van der Waals surface area contributed by atoms with Gasteiger partial charge in [0.05, 0.1) is 18.4 Å². The van der Waals surface area contributed by atoms with Crippen molar-refractivity contribution >= 4 is 11.6 Å². The second-order valence-corrected chi connectivity index (χ2v) is 5.30. The van der Waals surface area contributed by atoms with E-state index in [1.165, 1.54) is 0 Å². The number of hydrogen-bond acceptors (Lipinski definition) is 3. The molecule has 0 saturated heterocycles. The third-order valence-electron chi connectivity index (χ3n) is 3.37. The molecule has 3 aromatic rings. The summed E-state index contributed by atoms with van der Waals surface area (Å²) in [7, 11) is 1.60. The van der Waals surface area contributed by atoms with Crippen molar-refractivity contribution in [3.8, 4) is 17.1 Å². The number of rotatable bonds is 6. The molecule has 22 heavy (non-hydrogen) atoms. The molecule has 0 fully saturated rings. The molecule has 0 bridgehead atoms. The summed E-state index contributed by atoms with van der Waals surface area (Å²) in [5, 5.41) is 2.70. The summed E-state index contributed by atoms with van der Waals surface area (Å²) in [6.45, 7) is 1.54. The van der Waals surface area contributed by atoms with Gasteiger partial charge in [-0.05, 0) is 42.5 Å². The predicted octanol–water partition coefficient (Wildman–Crippen LogP) is 3.47. The summed E-state index contributed by atoms with van der Waals surface area (Å²) in [4.78, 5) is 0. The zero-order chi connectivity index (χ0) is 15.4. The molecule has 0 saturated carbocycles. The van der Waals surface area contributed by atoms with E-state index in [0.29, 0.717) is 10.8 Å². The van der Waals surface area contributed by atoms with Crippen molar-refractivity contribution in [3.05, 3.63) is 65.3 Å². The van der Waals surface area contributed by atoms with Gasteiger partial charge < -0.3 is 18.9 Å². The van der Waals surface area contributed by atoms with Crippen LogP contribution in [0.15, 0.2) is 57.6 Å². The third-order valence-corrected chi connectivity index (χ3v) is 3.66. The lowest BCUT2D eigenvalue weighted by molar-refractivity contribution is -0.689. The van der Waals surface area contributed by atoms with Crippen LogP contribution in [0.5, 0.6) is 5.75 Å². The van der Waals surface area contributed by atoms with E-state index in [-0.39, 0.29) is 0 Å². The smallest absolute Gasteiger partial charge is 0.158 e. The molecule has 0 unspecified atom stereocenters. The first kappa shape index (κ1) is 14.8. The Hall–Kier alpha value is -2.17. The second-order valence-electron chi connectivity index (χ2n) is 4.89. The fourth-order valence-corrected chi connectivity index (χ4v) is 2.51. The third kappa shape index (κ3) is 3.35. The summed E-state index contributed by atoms with van der Waals surface area (Å²) >= 11 is 6.14. The first-order valence-electron chi connectivity index (χ1n) is 7.03. The van der Waals surface area contributed by atoms with Crippen molar-refractivity contribution in [2.75, 3.05) is 7.11 Å². The number of hydrogen-bond donors (Lipinski definition) is 1. The Bertz CT molecular complexity index is 734. The van der Waals surface area contributed by atoms with Crippen molar-refractivity contribution in [1.29, 1.82) is 0 Å². The molecule has 2 heterocycles. The molecule has 114 valence electrons. The van der Waals surface area contributed by atoms with E-state index in [1.54, 1.807) is 13.4 Å². The van der Waals surface area contributed by atoms with Crippen LogP contribution >= 0.6 is 11.6 Å². The van der Waals surface area contributed by atoms with Gasteiger partial charge in [-0.15, -0.1) is 0 Å². The highest BCUT2D eigenvalue weighted by Crippen LogP contribution is 2.30. The molecule has 2 N–H and O–H groups in total. The topological polar surface area (TPSA) is 52.1 Å². The summed E-state index contributed by atoms with van der Waals surface area (Å²) in [6, 6.07) is 13.4. The summed E-state index contributed by atoms with van der Waals surface area (Å²) in [5.74, 6) is 3.32. The number of ether oxygens (including phenoxy) is 1. The highest BCUT2D eigenvalue weighted by atomic mass is 35.5. The molecule has 0 aliphatic heterocycles. The maximum Gasteiger partial charge on any atom is 0.158 e. The van der Waals surface area contributed by atoms with E-state index >= 15 is 0 Å². The molecule has 0 amide bonds. The van der Waals surface area contributed by atoms with Gasteiger partial charge >= 0.3 is 0 Å². The van der Waals surface area contributed by atoms with Gasteiger partial charge in [0.2, 0.25) is 0 Å². The van der Waals surface area contributed by atoms with Crippen molar-refractivity contribution in [3.63, 3.8) is 0 Å². The number of furan rings is 2. The molecule has 2 aromatic heterocycles. The van der Waals surface area contributed by atoms with E-state index < -0.39 is 0 Å². The Morgan fingerprint density at radius 2 is 1.95 bits per heavy atom. The zero-order valence-corrected chi connectivity index (χ0v) is 13.0. The number of benzene rings is 1. The van der Waals surface area contributed by atoms with Crippen LogP contribution in [0.25, 0.3) is 11.3 Å². The van der Waals surface area contributed by atoms with Gasteiger partial charge in [0.1, 0.15) is 24.6 Å². The maximum atomic E-state index is 6.14. The largest absolute Gasteiger partial charge is 0.495 e. The second kappa shape index (κ2) is 6.73. The maximum absolute atomic E-state index is 6.14. The summed E-state index contributed by atoms with van der Waals surface area (Å²) < 4.78 is 16.3. The molecule has 0 atom stereocenters. The normalized spacial score (nSPS) is 10.8. The van der Waals surface area contributed by atoms with Gasteiger partial charge in [0.25, 0.3) is 0 Å². The number of quaternary nitrogens is 1. The molecule has 5 heteroatoms. The van der Waals surface area contributed by atoms with Crippen LogP contribution in [0.1, 0.15) is 11.5 Å². The van der Waals surface area contributed by atoms with Crippen LogP contribution in [0, 0.1) is 0 Å². The average Bonchev–Trinajstić information content (AvgIpc) is 3.19. The molecule has 0 radical (unpaired) electrons. The predicted molar refractivity (Wildman–Crippen MR) is 83.7 cm³/mol. The molecule has 4 nitrogen and oxygen atoms in total. The van der Waals surface area contributed by atoms with Crippen LogP contribution in [0.2, 0.25) is 5.02 Å². The fourth-order valence-electron chi connectivity index (χ4n) is 2.25. The molecular formula is C17H17ClNO3+. The lowest BCUT2D eigenvalue weighted by Gasteiger charge is -2.04. The lowest BCUT2D eigenvalue weighted by atomic mass is 10.2. The Morgan fingerprint density at radius 3 is 2.68 bits per heavy atom. The average molecular weight is 319 g/mol. The summed E-state index contributed by atoms with van der Waals surface area (Å²) in [6.07, 6.45) is 1.68. The number of methoxy groups -OCH3 is 1. The lowest BCUT2D eigenvalue weighted by Crippen LogP contribution is -2.80. The number of nitrogens with two attached hydrogens (primary N) is 1. The minimum absolute atomic E-state index is 0.572. The number of halogens is 1. The Labute approximate surface area is 133 Å².